The number of aryl methyl sites for hydroxylation is 1. The second kappa shape index (κ2) is 11.5. The first-order valence-electron chi connectivity index (χ1n) is 16.6. The molecule has 8 rings (SSSR count). The van der Waals surface area contributed by atoms with Crippen LogP contribution in [0.3, 0.4) is 0 Å². The molecule has 5 heterocycles. The molecule has 1 unspecified atom stereocenters. The fourth-order valence-corrected chi connectivity index (χ4v) is 8.47. The first-order chi connectivity index (χ1) is 23.5. The molecule has 0 radical (unpaired) electrons. The predicted octanol–water partition coefficient (Wildman–Crippen LogP) is 5.27. The zero-order valence-electron chi connectivity index (χ0n) is 26.7. The first kappa shape index (κ1) is 31.7. The van der Waals surface area contributed by atoms with Crippen LogP contribution in [0, 0.1) is 17.5 Å². The number of carbonyl (C=O) groups is 2. The number of phenolic OH excluding ortho intramolecular Hbond substituents is 1. The third-order valence-electron chi connectivity index (χ3n) is 10.7. The van der Waals surface area contributed by atoms with Crippen LogP contribution in [0.2, 0.25) is 0 Å². The van der Waals surface area contributed by atoms with Crippen molar-refractivity contribution in [3.05, 3.63) is 53.3 Å². The largest absolute Gasteiger partial charge is 0.508 e. The Hall–Kier alpha value is -4.56. The lowest BCUT2D eigenvalue weighted by molar-refractivity contribution is -0.123. The second-order valence-corrected chi connectivity index (χ2v) is 13.5. The number of hydrogen-bond donors (Lipinski definition) is 3. The van der Waals surface area contributed by atoms with Crippen molar-refractivity contribution in [2.45, 2.75) is 62.7 Å². The zero-order chi connectivity index (χ0) is 34.2. The summed E-state index contributed by atoms with van der Waals surface area (Å²) >= 11 is 0. The first-order valence-corrected chi connectivity index (χ1v) is 16.6. The standard InChI is InChI=1S/C35H34F4N6O4/c1-2-21-24(37)6-5-18-11-20(46)12-22(26(18)21)27-25(38)13-23-29(28(27)39)41-32(49-17-34-7-4-10-44(34)15-19(36)14-34)42-30(23)45-33(48)43-31(47)35(45)8-3-9-40-16-35/h5-6,11-13,19,40,46H,2-4,7-10,14-17H2,1H3,(H,43,47,48)/t19-,34+,35?/m1/s1. The average Bonchev–Trinajstić information content (AvgIpc) is 3.67. The Morgan fingerprint density at radius 3 is 2.69 bits per heavy atom. The van der Waals surface area contributed by atoms with Gasteiger partial charge in [-0.1, -0.05) is 13.0 Å². The van der Waals surface area contributed by atoms with Crippen molar-refractivity contribution >= 4 is 39.4 Å². The number of fused-ring (bicyclic) bond motifs is 3. The van der Waals surface area contributed by atoms with E-state index in [-0.39, 0.29) is 78.4 Å². The fraction of sp³-hybridized carbons (Fsp3) is 0.429. The number of hydrogen-bond acceptors (Lipinski definition) is 8. The highest BCUT2D eigenvalue weighted by Gasteiger charge is 2.55. The number of halogens is 4. The monoisotopic (exact) mass is 678 g/mol. The van der Waals surface area contributed by atoms with Crippen molar-refractivity contribution < 1.29 is 37.0 Å². The van der Waals surface area contributed by atoms with Crippen molar-refractivity contribution in [2.24, 2.45) is 0 Å². The number of ether oxygens (including phenoxy) is 1. The molecule has 0 bridgehead atoms. The van der Waals surface area contributed by atoms with Gasteiger partial charge in [0.05, 0.1) is 11.1 Å². The zero-order valence-corrected chi connectivity index (χ0v) is 26.7. The summed E-state index contributed by atoms with van der Waals surface area (Å²) in [6, 6.07) is 5.04. The van der Waals surface area contributed by atoms with Crippen LogP contribution in [0.5, 0.6) is 11.8 Å². The minimum Gasteiger partial charge on any atom is -0.508 e. The van der Waals surface area contributed by atoms with E-state index in [1.165, 1.54) is 24.3 Å². The van der Waals surface area contributed by atoms with Gasteiger partial charge in [0.15, 0.2) is 11.6 Å². The molecule has 3 atom stereocenters. The van der Waals surface area contributed by atoms with Gasteiger partial charge < -0.3 is 15.2 Å². The summed E-state index contributed by atoms with van der Waals surface area (Å²) in [5.41, 5.74) is -2.90. The van der Waals surface area contributed by atoms with Crippen LogP contribution in [0.1, 0.15) is 44.6 Å². The summed E-state index contributed by atoms with van der Waals surface area (Å²) < 4.78 is 69.2. The van der Waals surface area contributed by atoms with Gasteiger partial charge in [0, 0.05) is 24.9 Å². The molecule has 3 aromatic carbocycles. The molecule has 0 aliphatic carbocycles. The molecule has 49 heavy (non-hydrogen) atoms. The Labute approximate surface area is 278 Å². The minimum atomic E-state index is -1.43. The second-order valence-electron chi connectivity index (χ2n) is 13.5. The molecule has 4 aliphatic rings. The number of piperidine rings is 1. The molecule has 0 saturated carbocycles. The summed E-state index contributed by atoms with van der Waals surface area (Å²) in [6.07, 6.45) is 1.74. The number of amides is 3. The molecule has 1 spiro atoms. The van der Waals surface area contributed by atoms with Crippen molar-refractivity contribution in [1.29, 1.82) is 0 Å². The maximum Gasteiger partial charge on any atom is 0.330 e. The highest BCUT2D eigenvalue weighted by atomic mass is 19.1. The number of nitrogens with zero attached hydrogens (tertiary/aromatic N) is 4. The normalized spacial score (nSPS) is 25.6. The van der Waals surface area contributed by atoms with Gasteiger partial charge in [-0.05, 0) is 91.4 Å². The molecule has 1 aromatic heterocycles. The molecule has 4 aromatic rings. The van der Waals surface area contributed by atoms with E-state index in [0.717, 1.165) is 17.4 Å². The maximum absolute atomic E-state index is 17.1. The number of aromatic nitrogens is 2. The summed E-state index contributed by atoms with van der Waals surface area (Å²) in [7, 11) is 0. The van der Waals surface area contributed by atoms with Crippen LogP contribution >= 0.6 is 0 Å². The number of phenols is 1. The maximum atomic E-state index is 17.1. The van der Waals surface area contributed by atoms with E-state index in [9.17, 15) is 19.1 Å². The van der Waals surface area contributed by atoms with Gasteiger partial charge in [0.25, 0.3) is 5.91 Å². The number of rotatable bonds is 6. The van der Waals surface area contributed by atoms with Gasteiger partial charge in [-0.25, -0.2) is 22.4 Å². The van der Waals surface area contributed by atoms with E-state index >= 15 is 13.2 Å². The quantitative estimate of drug-likeness (QED) is 0.187. The molecule has 4 saturated heterocycles. The van der Waals surface area contributed by atoms with Crippen molar-refractivity contribution in [2.75, 3.05) is 37.7 Å². The number of alkyl halides is 1. The lowest BCUT2D eigenvalue weighted by Gasteiger charge is -2.38. The third kappa shape index (κ3) is 4.82. The van der Waals surface area contributed by atoms with E-state index in [1.807, 2.05) is 4.90 Å². The average molecular weight is 679 g/mol. The molecule has 14 heteroatoms. The number of anilines is 1. The number of urea groups is 1. The molecular weight excluding hydrogens is 644 g/mol. The van der Waals surface area contributed by atoms with E-state index in [2.05, 4.69) is 20.6 Å². The molecule has 256 valence electrons. The van der Waals surface area contributed by atoms with E-state index in [4.69, 9.17) is 4.74 Å². The van der Waals surface area contributed by atoms with Gasteiger partial charge in [0.2, 0.25) is 0 Å². The fourth-order valence-electron chi connectivity index (χ4n) is 8.47. The predicted molar refractivity (Wildman–Crippen MR) is 173 cm³/mol. The van der Waals surface area contributed by atoms with Crippen LogP contribution in [0.25, 0.3) is 32.8 Å². The molecule has 3 N–H and O–H groups in total. The van der Waals surface area contributed by atoms with E-state index in [0.29, 0.717) is 31.3 Å². The Balaban J connectivity index is 1.35. The van der Waals surface area contributed by atoms with Crippen molar-refractivity contribution in [1.82, 2.24) is 25.5 Å². The number of nitrogens with one attached hydrogen (secondary N) is 2. The van der Waals surface area contributed by atoms with Crippen LogP contribution in [0.15, 0.2) is 30.3 Å². The van der Waals surface area contributed by atoms with Crippen LogP contribution in [-0.2, 0) is 11.2 Å². The highest BCUT2D eigenvalue weighted by Crippen LogP contribution is 2.45. The Bertz CT molecular complexity index is 2060. The van der Waals surface area contributed by atoms with Crippen LogP contribution in [0.4, 0.5) is 28.2 Å². The number of imide groups is 1. The molecule has 10 nitrogen and oxygen atoms in total. The summed E-state index contributed by atoms with van der Waals surface area (Å²) in [5.74, 6) is -3.89. The lowest BCUT2D eigenvalue weighted by Crippen LogP contribution is -2.59. The van der Waals surface area contributed by atoms with E-state index < -0.39 is 57.7 Å². The molecule has 3 amide bonds. The Kier molecular flexibility index (Phi) is 7.45. The summed E-state index contributed by atoms with van der Waals surface area (Å²) in [6.45, 7) is 3.36. The Morgan fingerprint density at radius 1 is 1.08 bits per heavy atom. The number of aromatic hydroxyl groups is 1. The molecule has 4 aliphatic heterocycles. The van der Waals surface area contributed by atoms with Gasteiger partial charge >= 0.3 is 12.0 Å². The minimum absolute atomic E-state index is 0.0117. The van der Waals surface area contributed by atoms with Gasteiger partial charge in [-0.2, -0.15) is 9.97 Å². The van der Waals surface area contributed by atoms with Crippen molar-refractivity contribution in [3.63, 3.8) is 0 Å². The lowest BCUT2D eigenvalue weighted by atomic mass is 9.88. The van der Waals surface area contributed by atoms with Gasteiger partial charge in [0.1, 0.15) is 41.2 Å². The van der Waals surface area contributed by atoms with E-state index in [1.54, 1.807) is 6.92 Å². The summed E-state index contributed by atoms with van der Waals surface area (Å²) in [5, 5.41) is 16.5. The number of carbonyl (C=O) groups excluding carboxylic acids is 2. The highest BCUT2D eigenvalue weighted by molar-refractivity contribution is 6.19. The van der Waals surface area contributed by atoms with Crippen LogP contribution < -0.4 is 20.3 Å². The van der Waals surface area contributed by atoms with Crippen LogP contribution in [-0.4, -0.2) is 81.9 Å². The molecule has 4 fully saturated rings. The topological polar surface area (TPSA) is 120 Å². The smallest absolute Gasteiger partial charge is 0.330 e. The SMILES string of the molecule is CCc1c(F)ccc2cc(O)cc(-c3c(F)cc4c(N5C(=O)NC(=O)C56CCCNC6)nc(OC[C@@]56CCCN5C[C@H](F)C6)nc4c3F)c12. The molecular formula is C35H34F4N6O4. The van der Waals surface area contributed by atoms with Gasteiger partial charge in [-0.15, -0.1) is 0 Å². The Morgan fingerprint density at radius 2 is 1.92 bits per heavy atom. The van der Waals surface area contributed by atoms with Crippen molar-refractivity contribution in [3.8, 4) is 22.9 Å². The number of benzene rings is 3. The third-order valence-corrected chi connectivity index (χ3v) is 10.7. The summed E-state index contributed by atoms with van der Waals surface area (Å²) in [4.78, 5) is 38.8. The van der Waals surface area contributed by atoms with Gasteiger partial charge in [-0.3, -0.25) is 19.9 Å².